The number of hydrogen-bond donors (Lipinski definition) is 1. The second-order valence-corrected chi connectivity index (χ2v) is 10.2. The maximum atomic E-state index is 13.8. The van der Waals surface area contributed by atoms with E-state index in [0.29, 0.717) is 12.3 Å². The van der Waals surface area contributed by atoms with Crippen molar-refractivity contribution in [1.29, 1.82) is 0 Å². The van der Waals surface area contributed by atoms with Gasteiger partial charge >= 0.3 is 12.1 Å². The number of likely N-dealkylation sites (tertiary alicyclic amines) is 1. The van der Waals surface area contributed by atoms with E-state index in [1.54, 1.807) is 26.1 Å². The number of fused-ring (bicyclic) bond motifs is 1. The fraction of sp³-hybridized carbons (Fsp3) is 0.452. The summed E-state index contributed by atoms with van der Waals surface area (Å²) in [4.78, 5) is 57.2. The van der Waals surface area contributed by atoms with Crippen molar-refractivity contribution in [1.82, 2.24) is 15.2 Å². The maximum absolute atomic E-state index is 13.8. The number of hydrogen-bond acceptors (Lipinski definition) is 8. The van der Waals surface area contributed by atoms with Crippen molar-refractivity contribution in [2.75, 3.05) is 20.3 Å². The fourth-order valence-electron chi connectivity index (χ4n) is 4.66. The SMILES string of the molecule is C=Cc1ccc2ccnc(O[C@@H]3C[C@@H](C(=O)OC)N(C(=O)[C@H](CCC(=O)C=C(C)C)NC(=O)OCCCC)C3)c2c1. The third kappa shape index (κ3) is 8.64. The predicted octanol–water partition coefficient (Wildman–Crippen LogP) is 4.61. The third-order valence-corrected chi connectivity index (χ3v) is 6.74. The quantitative estimate of drug-likeness (QED) is 0.212. The number of unbranched alkanes of at least 4 members (excludes halogenated alkanes) is 1. The van der Waals surface area contributed by atoms with E-state index in [-0.39, 0.29) is 38.2 Å². The average molecular weight is 566 g/mol. The number of pyridine rings is 1. The summed E-state index contributed by atoms with van der Waals surface area (Å²) in [6.07, 6.45) is 5.27. The van der Waals surface area contributed by atoms with Gasteiger partial charge in [0.2, 0.25) is 11.8 Å². The van der Waals surface area contributed by atoms with Crippen molar-refractivity contribution >= 4 is 40.6 Å². The van der Waals surface area contributed by atoms with E-state index < -0.39 is 36.2 Å². The van der Waals surface area contributed by atoms with Gasteiger partial charge in [0.1, 0.15) is 18.2 Å². The highest BCUT2D eigenvalue weighted by Crippen LogP contribution is 2.29. The number of nitrogens with zero attached hydrogens (tertiary/aromatic N) is 2. The lowest BCUT2D eigenvalue weighted by Crippen LogP contribution is -2.52. The number of benzene rings is 1. The molecule has 0 bridgehead atoms. The Balaban J connectivity index is 1.83. The van der Waals surface area contributed by atoms with Crippen LogP contribution in [0.1, 0.15) is 58.4 Å². The molecule has 41 heavy (non-hydrogen) atoms. The number of amides is 2. The molecule has 1 fully saturated rings. The first kappa shape index (κ1) is 31.3. The first-order valence-corrected chi connectivity index (χ1v) is 13.8. The van der Waals surface area contributed by atoms with E-state index in [9.17, 15) is 19.2 Å². The molecule has 3 atom stereocenters. The monoisotopic (exact) mass is 565 g/mol. The highest BCUT2D eigenvalue weighted by molar-refractivity contribution is 5.93. The fourth-order valence-corrected chi connectivity index (χ4v) is 4.66. The van der Waals surface area contributed by atoms with Gasteiger partial charge in [-0.3, -0.25) is 9.59 Å². The van der Waals surface area contributed by atoms with Crippen molar-refractivity contribution in [3.05, 3.63) is 54.3 Å². The van der Waals surface area contributed by atoms with E-state index in [0.717, 1.165) is 28.3 Å². The summed E-state index contributed by atoms with van der Waals surface area (Å²) in [5, 5.41) is 4.29. The summed E-state index contributed by atoms with van der Waals surface area (Å²) >= 11 is 0. The molecule has 1 N–H and O–H groups in total. The second-order valence-electron chi connectivity index (χ2n) is 10.2. The second kappa shape index (κ2) is 15.0. The lowest BCUT2D eigenvalue weighted by Gasteiger charge is -2.27. The molecule has 2 amide bonds. The molecule has 3 rings (SSSR count). The molecule has 0 unspecified atom stereocenters. The molecular formula is C31H39N3O7. The largest absolute Gasteiger partial charge is 0.472 e. The minimum Gasteiger partial charge on any atom is -0.472 e. The van der Waals surface area contributed by atoms with Crippen molar-refractivity contribution in [2.24, 2.45) is 0 Å². The molecule has 0 radical (unpaired) electrons. The molecule has 220 valence electrons. The van der Waals surface area contributed by atoms with Crippen LogP contribution < -0.4 is 10.1 Å². The van der Waals surface area contributed by atoms with Crippen LogP contribution in [0.5, 0.6) is 5.88 Å². The Morgan fingerprint density at radius 1 is 1.22 bits per heavy atom. The Morgan fingerprint density at radius 2 is 2.00 bits per heavy atom. The van der Waals surface area contributed by atoms with Crippen LogP contribution in [0.15, 0.2) is 48.7 Å². The van der Waals surface area contributed by atoms with Crippen molar-refractivity contribution < 1.29 is 33.4 Å². The number of nitrogens with one attached hydrogen (secondary N) is 1. The summed E-state index contributed by atoms with van der Waals surface area (Å²) < 4.78 is 16.4. The molecule has 1 saturated heterocycles. The minimum atomic E-state index is -1.09. The summed E-state index contributed by atoms with van der Waals surface area (Å²) in [6.45, 7) is 9.65. The number of ketones is 1. The number of allylic oxidation sites excluding steroid dienone is 2. The summed E-state index contributed by atoms with van der Waals surface area (Å²) in [5.41, 5.74) is 1.73. The Morgan fingerprint density at radius 3 is 2.68 bits per heavy atom. The molecule has 0 aliphatic carbocycles. The number of methoxy groups -OCH3 is 1. The standard InChI is InChI=1S/C31H39N3O7/c1-6-8-15-40-31(38)33-26(12-11-23(35)16-20(3)4)29(36)34-19-24(18-27(34)30(37)39-5)41-28-25-17-21(7-2)9-10-22(25)13-14-32-28/h7,9-10,13-14,16-17,24,26-27H,2,6,8,11-12,15,18-19H2,1,3-5H3,(H,33,38)/t24-,26+,27+/m1/s1. The lowest BCUT2D eigenvalue weighted by atomic mass is 10.1. The molecule has 0 saturated carbocycles. The molecule has 2 heterocycles. The van der Waals surface area contributed by atoms with Gasteiger partial charge in [-0.25, -0.2) is 14.6 Å². The van der Waals surface area contributed by atoms with Gasteiger partial charge in [0.15, 0.2) is 5.78 Å². The molecule has 10 heteroatoms. The van der Waals surface area contributed by atoms with Crippen LogP contribution in [-0.2, 0) is 23.9 Å². The van der Waals surface area contributed by atoms with Crippen LogP contribution in [0, 0.1) is 0 Å². The smallest absolute Gasteiger partial charge is 0.407 e. The van der Waals surface area contributed by atoms with E-state index >= 15 is 0 Å². The molecule has 10 nitrogen and oxygen atoms in total. The van der Waals surface area contributed by atoms with Gasteiger partial charge in [0, 0.05) is 24.4 Å². The number of rotatable bonds is 13. The third-order valence-electron chi connectivity index (χ3n) is 6.74. The van der Waals surface area contributed by atoms with Gasteiger partial charge in [-0.1, -0.05) is 43.7 Å². The lowest BCUT2D eigenvalue weighted by molar-refractivity contribution is -0.151. The molecule has 1 aliphatic heterocycles. The molecule has 0 spiro atoms. The molecular weight excluding hydrogens is 526 g/mol. The number of ether oxygens (including phenoxy) is 3. The van der Waals surface area contributed by atoms with Gasteiger partial charge < -0.3 is 24.4 Å². The molecule has 1 aliphatic rings. The Labute approximate surface area is 240 Å². The zero-order valence-corrected chi connectivity index (χ0v) is 24.2. The van der Waals surface area contributed by atoms with E-state index in [1.165, 1.54) is 18.1 Å². The highest BCUT2D eigenvalue weighted by Gasteiger charge is 2.44. The number of esters is 1. The maximum Gasteiger partial charge on any atom is 0.407 e. The topological polar surface area (TPSA) is 124 Å². The number of carbonyl (C=O) groups is 4. The summed E-state index contributed by atoms with van der Waals surface area (Å²) in [5.74, 6) is -0.925. The molecule has 1 aromatic heterocycles. The first-order valence-electron chi connectivity index (χ1n) is 13.8. The van der Waals surface area contributed by atoms with Crippen LogP contribution >= 0.6 is 0 Å². The highest BCUT2D eigenvalue weighted by atomic mass is 16.5. The van der Waals surface area contributed by atoms with Gasteiger partial charge in [-0.05, 0) is 55.8 Å². The zero-order valence-electron chi connectivity index (χ0n) is 24.2. The van der Waals surface area contributed by atoms with Gasteiger partial charge in [0.25, 0.3) is 0 Å². The van der Waals surface area contributed by atoms with Crippen LogP contribution in [0.2, 0.25) is 0 Å². The van der Waals surface area contributed by atoms with Gasteiger partial charge in [-0.2, -0.15) is 0 Å². The van der Waals surface area contributed by atoms with Crippen LogP contribution in [0.4, 0.5) is 4.79 Å². The Kier molecular flexibility index (Phi) is 11.4. The number of alkyl carbamates (subject to hydrolysis) is 1. The van der Waals surface area contributed by atoms with Crippen LogP contribution in [0.25, 0.3) is 16.8 Å². The van der Waals surface area contributed by atoms with Crippen molar-refractivity contribution in [2.45, 2.75) is 71.1 Å². The Bertz CT molecular complexity index is 1300. The predicted molar refractivity (Wildman–Crippen MR) is 155 cm³/mol. The van der Waals surface area contributed by atoms with Crippen molar-refractivity contribution in [3.8, 4) is 5.88 Å². The summed E-state index contributed by atoms with van der Waals surface area (Å²) in [6, 6.07) is 5.62. The minimum absolute atomic E-state index is 0.0268. The Hall–Kier alpha value is -4.21. The molecule has 2 aromatic rings. The van der Waals surface area contributed by atoms with Gasteiger partial charge in [0.05, 0.1) is 20.3 Å². The van der Waals surface area contributed by atoms with Crippen molar-refractivity contribution in [3.63, 3.8) is 0 Å². The summed E-state index contributed by atoms with van der Waals surface area (Å²) in [7, 11) is 1.25. The zero-order chi connectivity index (χ0) is 29.9. The van der Waals surface area contributed by atoms with E-state index in [2.05, 4.69) is 16.9 Å². The first-order chi connectivity index (χ1) is 19.7. The number of aromatic nitrogens is 1. The van der Waals surface area contributed by atoms with E-state index in [1.807, 2.05) is 31.2 Å². The van der Waals surface area contributed by atoms with Crippen LogP contribution in [0.3, 0.4) is 0 Å². The number of carbonyl (C=O) groups excluding carboxylic acids is 4. The normalized spacial score (nSPS) is 16.9. The molecule has 1 aromatic carbocycles. The van der Waals surface area contributed by atoms with Gasteiger partial charge in [-0.15, -0.1) is 0 Å². The average Bonchev–Trinajstić information content (AvgIpc) is 3.38. The van der Waals surface area contributed by atoms with Crippen LogP contribution in [-0.4, -0.2) is 72.1 Å². The van der Waals surface area contributed by atoms with E-state index in [4.69, 9.17) is 14.2 Å².